The Kier molecular flexibility index (Phi) is 3.79. The molecule has 2 heterocycles. The number of H-pyrrole nitrogens is 1. The summed E-state index contributed by atoms with van der Waals surface area (Å²) in [6, 6.07) is 15.8. The van der Waals surface area contributed by atoms with Gasteiger partial charge in [0.05, 0.1) is 16.3 Å². The molecule has 0 aliphatic carbocycles. The minimum absolute atomic E-state index is 0.249. The fourth-order valence-corrected chi connectivity index (χ4v) is 3.26. The molecular weight excluding hydrogens is 361 g/mol. The van der Waals surface area contributed by atoms with Crippen LogP contribution in [0.4, 0.5) is 0 Å². The second kappa shape index (κ2) is 5.99. The summed E-state index contributed by atoms with van der Waals surface area (Å²) in [4.78, 5) is 14.2. The molecule has 2 N–H and O–H groups in total. The Morgan fingerprint density at radius 2 is 1.68 bits per heavy atom. The SMILES string of the molecule is O=C(O)c1ccc(-c2ccc(-c3cc4cc(Cl)cc(Cl)c4o3)[nH]2)cc1. The number of aromatic nitrogens is 1. The number of hydrogen-bond donors (Lipinski definition) is 2. The van der Waals surface area contributed by atoms with Crippen LogP contribution in [0.15, 0.2) is 59.0 Å². The number of benzene rings is 2. The first kappa shape index (κ1) is 15.8. The summed E-state index contributed by atoms with van der Waals surface area (Å²) in [6.45, 7) is 0. The van der Waals surface area contributed by atoms with Crippen molar-refractivity contribution in [3.63, 3.8) is 0 Å². The predicted molar refractivity (Wildman–Crippen MR) is 98.4 cm³/mol. The lowest BCUT2D eigenvalue weighted by molar-refractivity contribution is 0.0697. The predicted octanol–water partition coefficient (Wildman–Crippen LogP) is 6.10. The van der Waals surface area contributed by atoms with Gasteiger partial charge in [-0.05, 0) is 48.0 Å². The van der Waals surface area contributed by atoms with Crippen LogP contribution in [0.25, 0.3) is 33.7 Å². The number of carbonyl (C=O) groups is 1. The topological polar surface area (TPSA) is 66.2 Å². The Bertz CT molecular complexity index is 1090. The van der Waals surface area contributed by atoms with Gasteiger partial charge in [0, 0.05) is 16.1 Å². The number of nitrogens with one attached hydrogen (secondary N) is 1. The third kappa shape index (κ3) is 2.90. The van der Waals surface area contributed by atoms with Crippen molar-refractivity contribution in [2.75, 3.05) is 0 Å². The highest BCUT2D eigenvalue weighted by Crippen LogP contribution is 2.35. The Hall–Kier alpha value is -2.69. The van der Waals surface area contributed by atoms with Crippen molar-refractivity contribution in [1.29, 1.82) is 0 Å². The van der Waals surface area contributed by atoms with Crippen LogP contribution in [0, 0.1) is 0 Å². The molecule has 0 aliphatic rings. The summed E-state index contributed by atoms with van der Waals surface area (Å²) in [5.74, 6) is -0.302. The molecule has 0 saturated heterocycles. The molecule has 0 fully saturated rings. The molecule has 124 valence electrons. The van der Waals surface area contributed by atoms with E-state index in [-0.39, 0.29) is 5.56 Å². The summed E-state index contributed by atoms with van der Waals surface area (Å²) in [6.07, 6.45) is 0. The largest absolute Gasteiger partial charge is 0.478 e. The standard InChI is InChI=1S/C19H11Cl2NO3/c20-13-7-12-8-17(25-18(12)14(21)9-13)16-6-5-15(22-16)10-1-3-11(4-2-10)19(23)24/h1-9,22H,(H,23,24). The van der Waals surface area contributed by atoms with E-state index in [2.05, 4.69) is 4.98 Å². The smallest absolute Gasteiger partial charge is 0.335 e. The second-order valence-corrected chi connectivity index (χ2v) is 6.43. The fourth-order valence-electron chi connectivity index (χ4n) is 2.71. The number of carboxylic acids is 1. The summed E-state index contributed by atoms with van der Waals surface area (Å²) in [5.41, 5.74) is 3.37. The minimum atomic E-state index is -0.948. The molecule has 0 amide bonds. The van der Waals surface area contributed by atoms with Gasteiger partial charge in [0.15, 0.2) is 11.3 Å². The minimum Gasteiger partial charge on any atom is -0.478 e. The second-order valence-electron chi connectivity index (χ2n) is 5.58. The first-order valence-electron chi connectivity index (χ1n) is 7.43. The molecule has 0 spiro atoms. The number of furan rings is 1. The monoisotopic (exact) mass is 371 g/mol. The first-order chi connectivity index (χ1) is 12.0. The third-order valence-corrected chi connectivity index (χ3v) is 4.43. The molecule has 0 unspecified atom stereocenters. The van der Waals surface area contributed by atoms with Crippen LogP contribution >= 0.6 is 23.2 Å². The van der Waals surface area contributed by atoms with E-state index in [0.717, 1.165) is 22.3 Å². The molecule has 25 heavy (non-hydrogen) atoms. The number of aromatic amines is 1. The van der Waals surface area contributed by atoms with Crippen LogP contribution in [0.3, 0.4) is 0 Å². The number of rotatable bonds is 3. The van der Waals surface area contributed by atoms with Gasteiger partial charge in [-0.1, -0.05) is 35.3 Å². The molecule has 6 heteroatoms. The third-order valence-electron chi connectivity index (χ3n) is 3.93. The van der Waals surface area contributed by atoms with Crippen LogP contribution in [-0.2, 0) is 0 Å². The first-order valence-corrected chi connectivity index (χ1v) is 8.18. The zero-order chi connectivity index (χ0) is 17.6. The molecule has 0 atom stereocenters. The van der Waals surface area contributed by atoms with Gasteiger partial charge in [0.2, 0.25) is 0 Å². The van der Waals surface area contributed by atoms with E-state index >= 15 is 0 Å². The van der Waals surface area contributed by atoms with Gasteiger partial charge in [0.25, 0.3) is 0 Å². The number of carboxylic acid groups (broad SMARTS) is 1. The van der Waals surface area contributed by atoms with Gasteiger partial charge in [0.1, 0.15) is 0 Å². The van der Waals surface area contributed by atoms with Crippen LogP contribution in [-0.4, -0.2) is 16.1 Å². The maximum atomic E-state index is 10.9. The highest BCUT2D eigenvalue weighted by Gasteiger charge is 2.12. The average Bonchev–Trinajstić information content (AvgIpc) is 3.21. The van der Waals surface area contributed by atoms with Crippen LogP contribution in [0.5, 0.6) is 0 Å². The highest BCUT2D eigenvalue weighted by molar-refractivity contribution is 6.38. The van der Waals surface area contributed by atoms with Crippen LogP contribution in [0.1, 0.15) is 10.4 Å². The molecule has 2 aromatic carbocycles. The number of halogens is 2. The number of aromatic carboxylic acids is 1. The van der Waals surface area contributed by atoms with E-state index in [1.807, 2.05) is 18.2 Å². The lowest BCUT2D eigenvalue weighted by Gasteiger charge is -1.99. The number of hydrogen-bond acceptors (Lipinski definition) is 2. The molecule has 4 aromatic rings. The van der Waals surface area contributed by atoms with Crippen molar-refractivity contribution in [2.45, 2.75) is 0 Å². The zero-order valence-electron chi connectivity index (χ0n) is 12.7. The Labute approximate surface area is 152 Å². The summed E-state index contributed by atoms with van der Waals surface area (Å²) < 4.78 is 5.84. The van der Waals surface area contributed by atoms with Gasteiger partial charge >= 0.3 is 5.97 Å². The van der Waals surface area contributed by atoms with Gasteiger partial charge < -0.3 is 14.5 Å². The molecule has 0 aliphatic heterocycles. The molecule has 0 saturated carbocycles. The number of fused-ring (bicyclic) bond motifs is 1. The van der Waals surface area contributed by atoms with E-state index in [1.165, 1.54) is 0 Å². The maximum absolute atomic E-state index is 10.9. The van der Waals surface area contributed by atoms with E-state index in [9.17, 15) is 4.79 Å². The lowest BCUT2D eigenvalue weighted by atomic mass is 10.1. The van der Waals surface area contributed by atoms with Crippen molar-refractivity contribution in [3.8, 4) is 22.7 Å². The van der Waals surface area contributed by atoms with Gasteiger partial charge in [-0.25, -0.2) is 4.79 Å². The Balaban J connectivity index is 1.71. The Morgan fingerprint density at radius 1 is 0.960 bits per heavy atom. The fraction of sp³-hybridized carbons (Fsp3) is 0. The van der Waals surface area contributed by atoms with E-state index in [4.69, 9.17) is 32.7 Å². The quantitative estimate of drug-likeness (QED) is 0.457. The van der Waals surface area contributed by atoms with Crippen molar-refractivity contribution in [1.82, 2.24) is 4.98 Å². The summed E-state index contributed by atoms with van der Waals surface area (Å²) in [7, 11) is 0. The zero-order valence-corrected chi connectivity index (χ0v) is 14.2. The Morgan fingerprint density at radius 3 is 2.40 bits per heavy atom. The van der Waals surface area contributed by atoms with Gasteiger partial charge in [-0.15, -0.1) is 0 Å². The van der Waals surface area contributed by atoms with Crippen molar-refractivity contribution in [3.05, 3.63) is 70.2 Å². The normalized spacial score (nSPS) is 11.1. The lowest BCUT2D eigenvalue weighted by Crippen LogP contribution is -1.94. The molecule has 0 bridgehead atoms. The summed E-state index contributed by atoms with van der Waals surface area (Å²) >= 11 is 12.2. The van der Waals surface area contributed by atoms with Crippen LogP contribution in [0.2, 0.25) is 10.0 Å². The molecular formula is C19H11Cl2NO3. The van der Waals surface area contributed by atoms with Crippen molar-refractivity contribution < 1.29 is 14.3 Å². The van der Waals surface area contributed by atoms with Gasteiger partial charge in [-0.2, -0.15) is 0 Å². The van der Waals surface area contributed by atoms with E-state index in [0.29, 0.717) is 21.4 Å². The average molecular weight is 372 g/mol. The summed E-state index contributed by atoms with van der Waals surface area (Å²) in [5, 5.41) is 10.8. The maximum Gasteiger partial charge on any atom is 0.335 e. The van der Waals surface area contributed by atoms with Gasteiger partial charge in [-0.3, -0.25) is 0 Å². The molecule has 4 nitrogen and oxygen atoms in total. The van der Waals surface area contributed by atoms with E-state index in [1.54, 1.807) is 36.4 Å². The van der Waals surface area contributed by atoms with Crippen molar-refractivity contribution >= 4 is 40.1 Å². The van der Waals surface area contributed by atoms with E-state index < -0.39 is 5.97 Å². The van der Waals surface area contributed by atoms with Crippen LogP contribution < -0.4 is 0 Å². The van der Waals surface area contributed by atoms with Crippen molar-refractivity contribution in [2.24, 2.45) is 0 Å². The highest BCUT2D eigenvalue weighted by atomic mass is 35.5. The molecule has 0 radical (unpaired) electrons. The molecule has 4 rings (SSSR count). The molecule has 2 aromatic heterocycles.